The van der Waals surface area contributed by atoms with E-state index in [0.29, 0.717) is 5.69 Å². The van der Waals surface area contributed by atoms with Crippen molar-refractivity contribution < 1.29 is 9.53 Å². The van der Waals surface area contributed by atoms with E-state index >= 15 is 0 Å². The van der Waals surface area contributed by atoms with Gasteiger partial charge in [0.1, 0.15) is 11.4 Å². The molecule has 0 amide bonds. The molecule has 17 heavy (non-hydrogen) atoms. The Labute approximate surface area is 104 Å². The Bertz CT molecular complexity index is 546. The van der Waals surface area contributed by atoms with Crippen molar-refractivity contribution in [2.24, 2.45) is 7.05 Å². The first-order valence-electron chi connectivity index (χ1n) is 4.99. The van der Waals surface area contributed by atoms with Crippen LogP contribution in [0.5, 0.6) is 5.75 Å². The summed E-state index contributed by atoms with van der Waals surface area (Å²) < 4.78 is 6.54. The SMILES string of the molecule is COc1ccc(-c2cnn(C)c2C(=O)Cl)cc1. The Balaban J connectivity index is 2.49. The summed E-state index contributed by atoms with van der Waals surface area (Å²) >= 11 is 5.54. The van der Waals surface area contributed by atoms with Gasteiger partial charge in [0.15, 0.2) is 0 Å². The first-order chi connectivity index (χ1) is 8.13. The van der Waals surface area contributed by atoms with Crippen LogP contribution in [0.2, 0.25) is 0 Å². The second-order valence-electron chi connectivity index (χ2n) is 3.53. The second-order valence-corrected chi connectivity index (χ2v) is 3.88. The Kier molecular flexibility index (Phi) is 3.15. The van der Waals surface area contributed by atoms with Crippen LogP contribution in [-0.2, 0) is 7.05 Å². The smallest absolute Gasteiger partial charge is 0.271 e. The number of rotatable bonds is 3. The van der Waals surface area contributed by atoms with Crippen molar-refractivity contribution in [2.45, 2.75) is 0 Å². The van der Waals surface area contributed by atoms with Gasteiger partial charge in [-0.3, -0.25) is 9.48 Å². The summed E-state index contributed by atoms with van der Waals surface area (Å²) in [4.78, 5) is 11.3. The van der Waals surface area contributed by atoms with E-state index < -0.39 is 5.24 Å². The highest BCUT2D eigenvalue weighted by Gasteiger charge is 2.15. The number of nitrogens with zero attached hydrogens (tertiary/aromatic N) is 2. The highest BCUT2D eigenvalue weighted by Crippen LogP contribution is 2.26. The lowest BCUT2D eigenvalue weighted by molar-refractivity contribution is 0.107. The molecule has 0 aliphatic heterocycles. The molecule has 88 valence electrons. The number of aryl methyl sites for hydroxylation is 1. The minimum atomic E-state index is -0.518. The molecule has 0 radical (unpaired) electrons. The molecule has 0 saturated carbocycles. The summed E-state index contributed by atoms with van der Waals surface area (Å²) in [6.07, 6.45) is 1.62. The molecule has 1 aromatic carbocycles. The molecule has 0 fully saturated rings. The number of hydrogen-bond acceptors (Lipinski definition) is 3. The molecule has 1 heterocycles. The van der Waals surface area contributed by atoms with Gasteiger partial charge < -0.3 is 4.74 Å². The van der Waals surface area contributed by atoms with Crippen molar-refractivity contribution in [3.63, 3.8) is 0 Å². The molecule has 0 N–H and O–H groups in total. The lowest BCUT2D eigenvalue weighted by Crippen LogP contribution is -2.02. The maximum absolute atomic E-state index is 11.3. The van der Waals surface area contributed by atoms with E-state index in [1.165, 1.54) is 4.68 Å². The van der Waals surface area contributed by atoms with Crippen LogP contribution in [0, 0.1) is 0 Å². The maximum atomic E-state index is 11.3. The topological polar surface area (TPSA) is 44.1 Å². The summed E-state index contributed by atoms with van der Waals surface area (Å²) in [5.74, 6) is 0.761. The third-order valence-corrected chi connectivity index (χ3v) is 2.70. The predicted octanol–water partition coefficient (Wildman–Crippen LogP) is 2.47. The van der Waals surface area contributed by atoms with Crippen molar-refractivity contribution in [2.75, 3.05) is 7.11 Å². The summed E-state index contributed by atoms with van der Waals surface area (Å²) in [6.45, 7) is 0. The molecule has 4 nitrogen and oxygen atoms in total. The van der Waals surface area contributed by atoms with Gasteiger partial charge in [-0.05, 0) is 29.3 Å². The maximum Gasteiger partial charge on any atom is 0.271 e. The van der Waals surface area contributed by atoms with Crippen LogP contribution in [0.15, 0.2) is 30.5 Å². The molecule has 0 spiro atoms. The standard InChI is InChI=1S/C12H11ClN2O2/c1-15-11(12(13)16)10(7-14-15)8-3-5-9(17-2)6-4-8/h3-7H,1-2H3. The Morgan fingerprint density at radius 3 is 2.53 bits per heavy atom. The number of halogens is 1. The summed E-state index contributed by atoms with van der Waals surface area (Å²) in [5, 5.41) is 3.52. The summed E-state index contributed by atoms with van der Waals surface area (Å²) in [7, 11) is 3.29. The third kappa shape index (κ3) is 2.17. The van der Waals surface area contributed by atoms with E-state index in [1.807, 2.05) is 24.3 Å². The number of benzene rings is 1. The van der Waals surface area contributed by atoms with E-state index in [0.717, 1.165) is 16.9 Å². The van der Waals surface area contributed by atoms with Crippen molar-refractivity contribution in [1.82, 2.24) is 9.78 Å². The molecule has 2 aromatic rings. The minimum absolute atomic E-state index is 0.386. The molecule has 0 bridgehead atoms. The van der Waals surface area contributed by atoms with Crippen LogP contribution in [0.3, 0.4) is 0 Å². The molecule has 0 aliphatic carbocycles. The fraction of sp³-hybridized carbons (Fsp3) is 0.167. The average Bonchev–Trinajstić information content (AvgIpc) is 2.71. The first kappa shape index (κ1) is 11.7. The highest BCUT2D eigenvalue weighted by atomic mass is 35.5. The van der Waals surface area contributed by atoms with Gasteiger partial charge in [0.05, 0.1) is 13.3 Å². The fourth-order valence-electron chi connectivity index (χ4n) is 1.65. The molecule has 0 saturated heterocycles. The van der Waals surface area contributed by atoms with E-state index in [1.54, 1.807) is 20.4 Å². The zero-order valence-electron chi connectivity index (χ0n) is 9.48. The second kappa shape index (κ2) is 4.59. The van der Waals surface area contributed by atoms with Gasteiger partial charge >= 0.3 is 0 Å². The molecule has 0 aliphatic rings. The zero-order chi connectivity index (χ0) is 12.4. The highest BCUT2D eigenvalue weighted by molar-refractivity contribution is 6.68. The minimum Gasteiger partial charge on any atom is -0.497 e. The van der Waals surface area contributed by atoms with Crippen LogP contribution in [-0.4, -0.2) is 22.1 Å². The van der Waals surface area contributed by atoms with Gasteiger partial charge in [-0.1, -0.05) is 12.1 Å². The van der Waals surface area contributed by atoms with Gasteiger partial charge in [-0.15, -0.1) is 0 Å². The number of methoxy groups -OCH3 is 1. The molecule has 5 heteroatoms. The van der Waals surface area contributed by atoms with Crippen molar-refractivity contribution in [3.05, 3.63) is 36.2 Å². The Hall–Kier alpha value is -1.81. The normalized spacial score (nSPS) is 10.3. The van der Waals surface area contributed by atoms with Gasteiger partial charge in [-0.25, -0.2) is 0 Å². The van der Waals surface area contributed by atoms with Gasteiger partial charge in [0.25, 0.3) is 5.24 Å². The van der Waals surface area contributed by atoms with Crippen molar-refractivity contribution in [3.8, 4) is 16.9 Å². The molecular weight excluding hydrogens is 240 g/mol. The van der Waals surface area contributed by atoms with Crippen molar-refractivity contribution in [1.29, 1.82) is 0 Å². The van der Waals surface area contributed by atoms with E-state index in [9.17, 15) is 4.79 Å². The lowest BCUT2D eigenvalue weighted by Gasteiger charge is -2.03. The molecule has 0 atom stereocenters. The number of aromatic nitrogens is 2. The Morgan fingerprint density at radius 2 is 2.00 bits per heavy atom. The largest absolute Gasteiger partial charge is 0.497 e. The van der Waals surface area contributed by atoms with Crippen LogP contribution < -0.4 is 4.74 Å². The summed E-state index contributed by atoms with van der Waals surface area (Å²) in [5.41, 5.74) is 1.98. The summed E-state index contributed by atoms with van der Waals surface area (Å²) in [6, 6.07) is 7.37. The number of carbonyl (C=O) groups is 1. The van der Waals surface area contributed by atoms with Crippen LogP contribution in [0.1, 0.15) is 10.5 Å². The molecule has 0 unspecified atom stereocenters. The molecule has 1 aromatic heterocycles. The first-order valence-corrected chi connectivity index (χ1v) is 5.37. The van der Waals surface area contributed by atoms with E-state index in [-0.39, 0.29) is 0 Å². The molecular formula is C12H11ClN2O2. The van der Waals surface area contributed by atoms with Gasteiger partial charge in [0, 0.05) is 12.6 Å². The lowest BCUT2D eigenvalue weighted by atomic mass is 10.1. The van der Waals surface area contributed by atoms with Crippen LogP contribution >= 0.6 is 11.6 Å². The van der Waals surface area contributed by atoms with E-state index in [2.05, 4.69) is 5.10 Å². The Morgan fingerprint density at radius 1 is 1.35 bits per heavy atom. The third-order valence-electron chi connectivity index (χ3n) is 2.53. The molecule has 2 rings (SSSR count). The number of ether oxygens (including phenoxy) is 1. The predicted molar refractivity (Wildman–Crippen MR) is 65.4 cm³/mol. The monoisotopic (exact) mass is 250 g/mol. The average molecular weight is 251 g/mol. The van der Waals surface area contributed by atoms with Crippen LogP contribution in [0.4, 0.5) is 0 Å². The van der Waals surface area contributed by atoms with Crippen molar-refractivity contribution >= 4 is 16.8 Å². The quantitative estimate of drug-likeness (QED) is 0.786. The van der Waals surface area contributed by atoms with E-state index in [4.69, 9.17) is 16.3 Å². The number of carbonyl (C=O) groups excluding carboxylic acids is 1. The zero-order valence-corrected chi connectivity index (χ0v) is 10.2. The number of hydrogen-bond donors (Lipinski definition) is 0. The van der Waals surface area contributed by atoms with Crippen LogP contribution in [0.25, 0.3) is 11.1 Å². The fourth-order valence-corrected chi connectivity index (χ4v) is 1.88. The van der Waals surface area contributed by atoms with Gasteiger partial charge in [0.2, 0.25) is 0 Å². The van der Waals surface area contributed by atoms with Gasteiger partial charge in [-0.2, -0.15) is 5.10 Å².